The lowest BCUT2D eigenvalue weighted by Crippen LogP contribution is -2.46. The van der Waals surface area contributed by atoms with Gasteiger partial charge in [-0.05, 0) is 26.0 Å². The van der Waals surface area contributed by atoms with Crippen molar-refractivity contribution in [2.45, 2.75) is 32.0 Å². The van der Waals surface area contributed by atoms with Crippen LogP contribution in [0.5, 0.6) is 0 Å². The minimum atomic E-state index is -0.305. The van der Waals surface area contributed by atoms with Gasteiger partial charge in [-0.25, -0.2) is 0 Å². The topological polar surface area (TPSA) is 48.4 Å². The van der Waals surface area contributed by atoms with E-state index in [4.69, 9.17) is 0 Å². The molecule has 1 fully saturated rings. The van der Waals surface area contributed by atoms with Crippen LogP contribution < -0.4 is 5.32 Å². The Morgan fingerprint density at radius 3 is 3.06 bits per heavy atom. The van der Waals surface area contributed by atoms with Crippen molar-refractivity contribution >= 4 is 0 Å². The lowest BCUT2D eigenvalue weighted by Gasteiger charge is -2.29. The second kappa shape index (κ2) is 5.12. The summed E-state index contributed by atoms with van der Waals surface area (Å²) in [6.45, 7) is 7.40. The van der Waals surface area contributed by atoms with Crippen molar-refractivity contribution in [1.29, 1.82) is 0 Å². The Hall–Kier alpha value is -0.970. The van der Waals surface area contributed by atoms with E-state index in [2.05, 4.69) is 29.0 Å². The Morgan fingerprint density at radius 2 is 2.35 bits per heavy atom. The van der Waals surface area contributed by atoms with Crippen molar-refractivity contribution in [2.75, 3.05) is 19.6 Å². The predicted molar refractivity (Wildman–Crippen MR) is 67.6 cm³/mol. The molecule has 0 radical (unpaired) electrons. The van der Waals surface area contributed by atoms with E-state index in [1.165, 1.54) is 0 Å². The first-order chi connectivity index (χ1) is 8.05. The van der Waals surface area contributed by atoms with Crippen LogP contribution in [0.2, 0.25) is 0 Å². The van der Waals surface area contributed by atoms with Gasteiger partial charge in [0.2, 0.25) is 0 Å². The number of aliphatic hydroxyl groups is 1. The molecule has 1 aromatic rings. The number of nitrogens with zero attached hydrogens (tertiary/aromatic N) is 2. The number of β-amino-alcohol motifs (C(OH)–C–C–N with tert-alkyl or cyclic N) is 1. The fraction of sp³-hybridized carbons (Fsp3) is 0.615. The lowest BCUT2D eigenvalue weighted by atomic mass is 10.1. The van der Waals surface area contributed by atoms with Crippen LogP contribution in [0.1, 0.15) is 19.5 Å². The predicted octanol–water partition coefficient (Wildman–Crippen LogP) is 0.626. The first kappa shape index (κ1) is 12.5. The highest BCUT2D eigenvalue weighted by Gasteiger charge is 2.27. The molecule has 2 N–H and O–H groups in total. The molecular formula is C13H21N3O. The van der Waals surface area contributed by atoms with Crippen molar-refractivity contribution in [3.8, 4) is 0 Å². The van der Waals surface area contributed by atoms with Gasteiger partial charge in [0.05, 0.1) is 11.8 Å². The van der Waals surface area contributed by atoms with Gasteiger partial charge in [0.1, 0.15) is 0 Å². The Kier molecular flexibility index (Phi) is 3.76. The van der Waals surface area contributed by atoms with Crippen molar-refractivity contribution in [3.63, 3.8) is 0 Å². The molecule has 2 rings (SSSR count). The molecule has 1 atom stereocenters. The molecule has 4 nitrogen and oxygen atoms in total. The molecule has 1 aromatic heterocycles. The van der Waals surface area contributed by atoms with E-state index in [-0.39, 0.29) is 11.6 Å². The number of hydrogen-bond donors (Lipinski definition) is 2. The molecule has 1 saturated heterocycles. The summed E-state index contributed by atoms with van der Waals surface area (Å²) in [5, 5.41) is 13.2. The molecule has 0 saturated carbocycles. The zero-order chi connectivity index (χ0) is 12.3. The Labute approximate surface area is 103 Å². The van der Waals surface area contributed by atoms with Crippen LogP contribution in [0, 0.1) is 0 Å². The van der Waals surface area contributed by atoms with E-state index in [0.717, 1.165) is 18.8 Å². The van der Waals surface area contributed by atoms with Crippen LogP contribution in [0.4, 0.5) is 0 Å². The summed E-state index contributed by atoms with van der Waals surface area (Å²) >= 11 is 0. The van der Waals surface area contributed by atoms with Gasteiger partial charge < -0.3 is 10.4 Å². The second-order valence-corrected chi connectivity index (χ2v) is 5.41. The Morgan fingerprint density at radius 1 is 1.53 bits per heavy atom. The van der Waals surface area contributed by atoms with Crippen molar-refractivity contribution in [1.82, 2.24) is 15.2 Å². The third-order valence-electron chi connectivity index (χ3n) is 3.02. The summed E-state index contributed by atoms with van der Waals surface area (Å²) in [4.78, 5) is 6.59. The zero-order valence-corrected chi connectivity index (χ0v) is 10.6. The van der Waals surface area contributed by atoms with Gasteiger partial charge in [-0.2, -0.15) is 0 Å². The highest BCUT2D eigenvalue weighted by Crippen LogP contribution is 2.13. The molecule has 1 aliphatic rings. The number of rotatable bonds is 2. The average molecular weight is 235 g/mol. The van der Waals surface area contributed by atoms with Gasteiger partial charge in [-0.15, -0.1) is 0 Å². The first-order valence-corrected chi connectivity index (χ1v) is 6.10. The summed E-state index contributed by atoms with van der Waals surface area (Å²) < 4.78 is 0. The average Bonchev–Trinajstić information content (AvgIpc) is 2.39. The highest BCUT2D eigenvalue weighted by molar-refractivity contribution is 5.04. The first-order valence-electron chi connectivity index (χ1n) is 6.10. The molecule has 2 heterocycles. The smallest absolute Gasteiger partial charge is 0.0791 e. The molecule has 0 aliphatic carbocycles. The monoisotopic (exact) mass is 235 g/mol. The minimum absolute atomic E-state index is 0.0340. The van der Waals surface area contributed by atoms with E-state index >= 15 is 0 Å². The van der Waals surface area contributed by atoms with E-state index in [9.17, 15) is 5.11 Å². The van der Waals surface area contributed by atoms with Crippen LogP contribution in [0.15, 0.2) is 24.4 Å². The molecular weight excluding hydrogens is 214 g/mol. The Bertz CT molecular complexity index is 353. The number of hydrogen-bond acceptors (Lipinski definition) is 4. The van der Waals surface area contributed by atoms with E-state index in [0.29, 0.717) is 13.1 Å². The SMILES string of the molecule is CC1(C)CN(Cc2ccccn2)CC(O)CN1. The third-order valence-corrected chi connectivity index (χ3v) is 3.02. The maximum atomic E-state index is 9.85. The number of nitrogens with one attached hydrogen (secondary N) is 1. The van der Waals surface area contributed by atoms with Gasteiger partial charge in [0.15, 0.2) is 0 Å². The van der Waals surface area contributed by atoms with Crippen LogP contribution in [0.3, 0.4) is 0 Å². The van der Waals surface area contributed by atoms with Crippen molar-refractivity contribution in [3.05, 3.63) is 30.1 Å². The number of aromatic nitrogens is 1. The van der Waals surface area contributed by atoms with Gasteiger partial charge >= 0.3 is 0 Å². The largest absolute Gasteiger partial charge is 0.390 e. The summed E-state index contributed by atoms with van der Waals surface area (Å²) in [6.07, 6.45) is 1.51. The number of pyridine rings is 1. The fourth-order valence-corrected chi connectivity index (χ4v) is 2.28. The summed E-state index contributed by atoms with van der Waals surface area (Å²) in [7, 11) is 0. The summed E-state index contributed by atoms with van der Waals surface area (Å²) in [5.41, 5.74) is 1.09. The van der Waals surface area contributed by atoms with Crippen molar-refractivity contribution < 1.29 is 5.11 Å². The van der Waals surface area contributed by atoms with E-state index in [1.54, 1.807) is 0 Å². The molecule has 0 amide bonds. The molecule has 0 aromatic carbocycles. The number of aliphatic hydroxyl groups excluding tert-OH is 1. The summed E-state index contributed by atoms with van der Waals surface area (Å²) in [6, 6.07) is 5.95. The molecule has 1 unspecified atom stereocenters. The van der Waals surface area contributed by atoms with E-state index < -0.39 is 0 Å². The van der Waals surface area contributed by atoms with Crippen LogP contribution in [-0.4, -0.2) is 46.3 Å². The molecule has 1 aliphatic heterocycles. The highest BCUT2D eigenvalue weighted by atomic mass is 16.3. The van der Waals surface area contributed by atoms with Crippen LogP contribution in [0.25, 0.3) is 0 Å². The summed E-state index contributed by atoms with van der Waals surface area (Å²) in [5.74, 6) is 0. The van der Waals surface area contributed by atoms with Crippen molar-refractivity contribution in [2.24, 2.45) is 0 Å². The maximum absolute atomic E-state index is 9.85. The van der Waals surface area contributed by atoms with Crippen LogP contribution in [-0.2, 0) is 6.54 Å². The molecule has 0 bridgehead atoms. The lowest BCUT2D eigenvalue weighted by molar-refractivity contribution is 0.124. The van der Waals surface area contributed by atoms with Gasteiger partial charge in [0.25, 0.3) is 0 Å². The zero-order valence-electron chi connectivity index (χ0n) is 10.6. The third kappa shape index (κ3) is 3.77. The standard InChI is InChI=1S/C13H21N3O/c1-13(2)10-16(9-12(17)7-15-13)8-11-5-3-4-6-14-11/h3-6,12,15,17H,7-10H2,1-2H3. The van der Waals surface area contributed by atoms with Gasteiger partial charge in [-0.3, -0.25) is 9.88 Å². The maximum Gasteiger partial charge on any atom is 0.0791 e. The second-order valence-electron chi connectivity index (χ2n) is 5.41. The molecule has 0 spiro atoms. The normalized spacial score (nSPS) is 25.5. The fourth-order valence-electron chi connectivity index (χ4n) is 2.28. The van der Waals surface area contributed by atoms with Gasteiger partial charge in [0, 0.05) is 37.9 Å². The Balaban J connectivity index is 2.03. The van der Waals surface area contributed by atoms with Crippen LogP contribution >= 0.6 is 0 Å². The quantitative estimate of drug-likeness (QED) is 0.789. The molecule has 17 heavy (non-hydrogen) atoms. The molecule has 94 valence electrons. The van der Waals surface area contributed by atoms with E-state index in [1.807, 2.05) is 24.4 Å². The molecule has 4 heteroatoms. The minimum Gasteiger partial charge on any atom is -0.390 e. The van der Waals surface area contributed by atoms with Gasteiger partial charge in [-0.1, -0.05) is 6.07 Å².